The Morgan fingerprint density at radius 3 is 2.29 bits per heavy atom. The minimum atomic E-state index is 0.00224. The van der Waals surface area contributed by atoms with Crippen LogP contribution in [0.2, 0.25) is 0 Å². The van der Waals surface area contributed by atoms with Crippen molar-refractivity contribution in [3.8, 4) is 17.2 Å². The fraction of sp³-hybridized carbons (Fsp3) is 0.435. The number of methoxy groups -OCH3 is 2. The highest BCUT2D eigenvalue weighted by molar-refractivity contribution is 8.19. The van der Waals surface area contributed by atoms with Crippen molar-refractivity contribution in [2.45, 2.75) is 4.58 Å². The zero-order valence-electron chi connectivity index (χ0n) is 17.9. The van der Waals surface area contributed by atoms with E-state index in [4.69, 9.17) is 14.2 Å². The summed E-state index contributed by atoms with van der Waals surface area (Å²) in [5, 5.41) is 0. The van der Waals surface area contributed by atoms with E-state index in [9.17, 15) is 4.79 Å². The number of rotatable bonds is 7. The lowest BCUT2D eigenvalue weighted by Crippen LogP contribution is -2.50. The number of amides is 1. The van der Waals surface area contributed by atoms with Crippen LogP contribution in [0.5, 0.6) is 17.2 Å². The average Bonchev–Trinajstić information content (AvgIpc) is 3.37. The smallest absolute Gasteiger partial charge is 0.260 e. The molecule has 2 aromatic rings. The monoisotopic (exact) mass is 460 g/mol. The molecule has 166 valence electrons. The standard InChI is InChI=1S/C23H28N2O4S2/c1-27-19-6-4-18(5-7-19)24-9-11-25(12-10-24)22(26)16-29-20-8-3-17(15-21(20)28-2)23-30-13-14-31-23/h3-8,15,23H,9-14,16H2,1-2H3. The van der Waals surface area contributed by atoms with E-state index in [1.54, 1.807) is 14.2 Å². The topological polar surface area (TPSA) is 51.2 Å². The van der Waals surface area contributed by atoms with Crippen LogP contribution in [0.15, 0.2) is 42.5 Å². The molecule has 2 saturated heterocycles. The molecule has 31 heavy (non-hydrogen) atoms. The molecule has 0 saturated carbocycles. The SMILES string of the molecule is COc1ccc(N2CCN(C(=O)COc3ccc(C4SCCS4)cc3OC)CC2)cc1. The molecular weight excluding hydrogens is 432 g/mol. The summed E-state index contributed by atoms with van der Waals surface area (Å²) in [5.74, 6) is 4.50. The van der Waals surface area contributed by atoms with Gasteiger partial charge in [-0.25, -0.2) is 0 Å². The van der Waals surface area contributed by atoms with Crippen LogP contribution in [-0.2, 0) is 4.79 Å². The van der Waals surface area contributed by atoms with Crippen LogP contribution in [0.1, 0.15) is 10.1 Å². The number of carbonyl (C=O) groups excluding carboxylic acids is 1. The molecule has 1 amide bonds. The van der Waals surface area contributed by atoms with Gasteiger partial charge in [-0.15, -0.1) is 23.5 Å². The maximum absolute atomic E-state index is 12.7. The molecule has 2 aliphatic heterocycles. The molecule has 0 bridgehead atoms. The summed E-state index contributed by atoms with van der Waals surface area (Å²) in [7, 11) is 3.31. The van der Waals surface area contributed by atoms with Crippen LogP contribution in [0.3, 0.4) is 0 Å². The number of hydrogen-bond donors (Lipinski definition) is 0. The Balaban J connectivity index is 1.29. The molecule has 4 rings (SSSR count). The second-order valence-corrected chi connectivity index (χ2v) is 10.1. The minimum Gasteiger partial charge on any atom is -0.497 e. The predicted octanol–water partition coefficient (Wildman–Crippen LogP) is 3.91. The molecule has 0 unspecified atom stereocenters. The summed E-state index contributed by atoms with van der Waals surface area (Å²) >= 11 is 3.91. The predicted molar refractivity (Wildman–Crippen MR) is 128 cm³/mol. The Morgan fingerprint density at radius 1 is 0.935 bits per heavy atom. The van der Waals surface area contributed by atoms with Gasteiger partial charge in [0.05, 0.1) is 18.8 Å². The van der Waals surface area contributed by atoms with E-state index in [-0.39, 0.29) is 12.5 Å². The number of anilines is 1. The number of carbonyl (C=O) groups is 1. The normalized spacial score (nSPS) is 17.0. The van der Waals surface area contributed by atoms with Crippen molar-refractivity contribution in [1.29, 1.82) is 0 Å². The van der Waals surface area contributed by atoms with Crippen LogP contribution in [-0.4, -0.2) is 69.3 Å². The molecule has 0 N–H and O–H groups in total. The highest BCUT2D eigenvalue weighted by Gasteiger charge is 2.23. The van der Waals surface area contributed by atoms with Gasteiger partial charge in [0.1, 0.15) is 5.75 Å². The third-order valence-corrected chi connectivity index (χ3v) is 8.61. The van der Waals surface area contributed by atoms with Gasteiger partial charge in [-0.3, -0.25) is 4.79 Å². The Hall–Kier alpha value is -2.19. The fourth-order valence-electron chi connectivity index (χ4n) is 3.74. The van der Waals surface area contributed by atoms with Crippen molar-refractivity contribution in [3.05, 3.63) is 48.0 Å². The number of thioether (sulfide) groups is 2. The molecule has 0 aliphatic carbocycles. The molecule has 0 radical (unpaired) electrons. The van der Waals surface area contributed by atoms with Gasteiger partial charge in [0.25, 0.3) is 5.91 Å². The number of piperazine rings is 1. The maximum Gasteiger partial charge on any atom is 0.260 e. The number of nitrogens with zero attached hydrogens (tertiary/aromatic N) is 2. The summed E-state index contributed by atoms with van der Waals surface area (Å²) in [6.45, 7) is 2.98. The van der Waals surface area contributed by atoms with E-state index >= 15 is 0 Å². The molecule has 0 atom stereocenters. The van der Waals surface area contributed by atoms with Gasteiger partial charge in [0.15, 0.2) is 18.1 Å². The van der Waals surface area contributed by atoms with Crippen LogP contribution in [0.4, 0.5) is 5.69 Å². The van der Waals surface area contributed by atoms with E-state index in [2.05, 4.69) is 23.1 Å². The van der Waals surface area contributed by atoms with Gasteiger partial charge in [0, 0.05) is 43.4 Å². The van der Waals surface area contributed by atoms with E-state index < -0.39 is 0 Å². The molecule has 2 aromatic carbocycles. The number of ether oxygens (including phenoxy) is 3. The Bertz CT molecular complexity index is 880. The van der Waals surface area contributed by atoms with Crippen molar-refractivity contribution >= 4 is 35.1 Å². The van der Waals surface area contributed by atoms with Crippen molar-refractivity contribution in [2.24, 2.45) is 0 Å². The van der Waals surface area contributed by atoms with Crippen LogP contribution < -0.4 is 19.1 Å². The lowest BCUT2D eigenvalue weighted by molar-refractivity contribution is -0.133. The molecule has 8 heteroatoms. The van der Waals surface area contributed by atoms with Crippen LogP contribution in [0, 0.1) is 0 Å². The zero-order valence-corrected chi connectivity index (χ0v) is 19.5. The lowest BCUT2D eigenvalue weighted by atomic mass is 10.2. The minimum absolute atomic E-state index is 0.00224. The molecular formula is C23H28N2O4S2. The van der Waals surface area contributed by atoms with Gasteiger partial charge in [-0.2, -0.15) is 0 Å². The Labute approximate surface area is 192 Å². The van der Waals surface area contributed by atoms with Crippen molar-refractivity contribution in [2.75, 3.05) is 63.4 Å². The second kappa shape index (κ2) is 10.4. The lowest BCUT2D eigenvalue weighted by Gasteiger charge is -2.36. The first-order valence-corrected chi connectivity index (χ1v) is 12.5. The van der Waals surface area contributed by atoms with Gasteiger partial charge >= 0.3 is 0 Å². The van der Waals surface area contributed by atoms with Gasteiger partial charge in [-0.1, -0.05) is 6.07 Å². The number of hydrogen-bond acceptors (Lipinski definition) is 7. The summed E-state index contributed by atoms with van der Waals surface area (Å²) < 4.78 is 17.0. The average molecular weight is 461 g/mol. The van der Waals surface area contributed by atoms with Crippen molar-refractivity contribution in [1.82, 2.24) is 4.90 Å². The van der Waals surface area contributed by atoms with Crippen molar-refractivity contribution < 1.29 is 19.0 Å². The molecule has 0 aromatic heterocycles. The molecule has 2 fully saturated rings. The molecule has 2 heterocycles. The Morgan fingerprint density at radius 2 is 1.65 bits per heavy atom. The van der Waals surface area contributed by atoms with Crippen LogP contribution >= 0.6 is 23.5 Å². The summed E-state index contributed by atoms with van der Waals surface area (Å²) in [6, 6.07) is 14.1. The summed E-state index contributed by atoms with van der Waals surface area (Å²) in [5.41, 5.74) is 2.38. The summed E-state index contributed by atoms with van der Waals surface area (Å²) in [4.78, 5) is 16.8. The second-order valence-electron chi connectivity index (χ2n) is 7.34. The maximum atomic E-state index is 12.7. The first-order valence-electron chi connectivity index (χ1n) is 10.4. The highest BCUT2D eigenvalue weighted by atomic mass is 32.2. The Kier molecular flexibility index (Phi) is 7.40. The van der Waals surface area contributed by atoms with E-state index in [0.717, 1.165) is 24.5 Å². The first-order chi connectivity index (χ1) is 15.2. The molecule has 2 aliphatic rings. The zero-order chi connectivity index (χ0) is 21.6. The quantitative estimate of drug-likeness (QED) is 0.621. The fourth-order valence-corrected chi connectivity index (χ4v) is 6.58. The highest BCUT2D eigenvalue weighted by Crippen LogP contribution is 2.46. The molecule has 6 nitrogen and oxygen atoms in total. The largest absolute Gasteiger partial charge is 0.497 e. The van der Waals surface area contributed by atoms with E-state index in [0.29, 0.717) is 29.2 Å². The van der Waals surface area contributed by atoms with Gasteiger partial charge in [-0.05, 0) is 42.0 Å². The van der Waals surface area contributed by atoms with Crippen molar-refractivity contribution in [3.63, 3.8) is 0 Å². The molecule has 0 spiro atoms. The number of benzene rings is 2. The van der Waals surface area contributed by atoms with E-state index in [1.165, 1.54) is 17.1 Å². The van der Waals surface area contributed by atoms with Gasteiger partial charge < -0.3 is 24.0 Å². The third-order valence-electron chi connectivity index (χ3n) is 5.50. The third kappa shape index (κ3) is 5.36. The van der Waals surface area contributed by atoms with Gasteiger partial charge in [0.2, 0.25) is 0 Å². The van der Waals surface area contributed by atoms with E-state index in [1.807, 2.05) is 52.7 Å². The summed E-state index contributed by atoms with van der Waals surface area (Å²) in [6.07, 6.45) is 0. The van der Waals surface area contributed by atoms with Crippen LogP contribution in [0.25, 0.3) is 0 Å². The first kappa shape index (κ1) is 22.0.